The molecule has 0 radical (unpaired) electrons. The van der Waals surface area contributed by atoms with Crippen molar-refractivity contribution >= 4 is 17.5 Å². The molecule has 5 heteroatoms. The molecule has 2 aromatic carbocycles. The zero-order valence-electron chi connectivity index (χ0n) is 16.8. The minimum atomic E-state index is -0.248. The number of nitrogens with zero attached hydrogens (tertiary/aromatic N) is 1. The number of anilines is 1. The standard InChI is InChI=1S/C22H28N2O3/c1-6-18-7-9-19(10-8-18)27-14-21(26)24(5)13-20(25)23-22-16(3)11-15(2)12-17(22)4/h7-12H,6,13-14H2,1-5H3,(H,23,25). The number of carbonyl (C=O) groups is 2. The van der Waals surface area contributed by atoms with Gasteiger partial charge in [0.05, 0.1) is 6.54 Å². The van der Waals surface area contributed by atoms with E-state index >= 15 is 0 Å². The van der Waals surface area contributed by atoms with Gasteiger partial charge in [0.25, 0.3) is 5.91 Å². The highest BCUT2D eigenvalue weighted by molar-refractivity contribution is 5.95. The highest BCUT2D eigenvalue weighted by atomic mass is 16.5. The molecular formula is C22H28N2O3. The van der Waals surface area contributed by atoms with Crippen LogP contribution in [0.3, 0.4) is 0 Å². The second-order valence-electron chi connectivity index (χ2n) is 6.86. The normalized spacial score (nSPS) is 10.4. The molecule has 0 unspecified atom stereocenters. The molecule has 0 aliphatic heterocycles. The van der Waals surface area contributed by atoms with Crippen LogP contribution in [0.25, 0.3) is 0 Å². The molecule has 0 fully saturated rings. The van der Waals surface area contributed by atoms with Crippen LogP contribution in [0.5, 0.6) is 5.75 Å². The van der Waals surface area contributed by atoms with Gasteiger partial charge in [0, 0.05) is 12.7 Å². The molecule has 27 heavy (non-hydrogen) atoms. The third-order valence-corrected chi connectivity index (χ3v) is 4.44. The smallest absolute Gasteiger partial charge is 0.260 e. The van der Waals surface area contributed by atoms with Crippen molar-refractivity contribution < 1.29 is 14.3 Å². The second-order valence-corrected chi connectivity index (χ2v) is 6.86. The molecule has 0 saturated carbocycles. The average Bonchev–Trinajstić information content (AvgIpc) is 2.63. The molecule has 2 aromatic rings. The summed E-state index contributed by atoms with van der Waals surface area (Å²) in [7, 11) is 1.60. The summed E-state index contributed by atoms with van der Waals surface area (Å²) < 4.78 is 5.52. The van der Waals surface area contributed by atoms with Crippen molar-refractivity contribution in [2.45, 2.75) is 34.1 Å². The predicted octanol–water partition coefficient (Wildman–Crippen LogP) is 3.65. The van der Waals surface area contributed by atoms with Crippen molar-refractivity contribution in [3.63, 3.8) is 0 Å². The summed E-state index contributed by atoms with van der Waals surface area (Å²) in [5.74, 6) is 0.166. The van der Waals surface area contributed by atoms with E-state index in [9.17, 15) is 9.59 Å². The van der Waals surface area contributed by atoms with E-state index in [0.29, 0.717) is 5.75 Å². The summed E-state index contributed by atoms with van der Waals surface area (Å²) in [4.78, 5) is 25.9. The third kappa shape index (κ3) is 5.84. The van der Waals surface area contributed by atoms with Crippen LogP contribution in [0.1, 0.15) is 29.2 Å². The quantitative estimate of drug-likeness (QED) is 0.811. The van der Waals surface area contributed by atoms with Crippen LogP contribution in [0.15, 0.2) is 36.4 Å². The molecule has 144 valence electrons. The molecule has 0 aliphatic carbocycles. The van der Waals surface area contributed by atoms with Crippen LogP contribution in [0.4, 0.5) is 5.69 Å². The van der Waals surface area contributed by atoms with E-state index in [1.54, 1.807) is 7.05 Å². The maximum absolute atomic E-state index is 12.3. The van der Waals surface area contributed by atoms with E-state index < -0.39 is 0 Å². The number of carbonyl (C=O) groups excluding carboxylic acids is 2. The first-order valence-electron chi connectivity index (χ1n) is 9.13. The predicted molar refractivity (Wildman–Crippen MR) is 108 cm³/mol. The Balaban J connectivity index is 1.87. The Morgan fingerprint density at radius 2 is 1.63 bits per heavy atom. The van der Waals surface area contributed by atoms with E-state index in [0.717, 1.165) is 28.8 Å². The molecular weight excluding hydrogens is 340 g/mol. The Labute approximate surface area is 161 Å². The first kappa shape index (κ1) is 20.5. The summed E-state index contributed by atoms with van der Waals surface area (Å²) in [6.07, 6.45) is 0.955. The van der Waals surface area contributed by atoms with E-state index in [1.807, 2.05) is 57.2 Å². The van der Waals surface area contributed by atoms with Gasteiger partial charge in [0.2, 0.25) is 5.91 Å². The number of aryl methyl sites for hydroxylation is 4. The van der Waals surface area contributed by atoms with Crippen molar-refractivity contribution in [3.8, 4) is 5.75 Å². The van der Waals surface area contributed by atoms with Crippen molar-refractivity contribution in [2.24, 2.45) is 0 Å². The summed E-state index contributed by atoms with van der Waals surface area (Å²) in [5, 5.41) is 2.90. The van der Waals surface area contributed by atoms with Gasteiger partial charge in [0.15, 0.2) is 6.61 Å². The van der Waals surface area contributed by atoms with Crippen LogP contribution in [0.2, 0.25) is 0 Å². The van der Waals surface area contributed by atoms with Gasteiger partial charge in [-0.25, -0.2) is 0 Å². The van der Waals surface area contributed by atoms with Gasteiger partial charge in [-0.3, -0.25) is 9.59 Å². The maximum Gasteiger partial charge on any atom is 0.260 e. The van der Waals surface area contributed by atoms with Crippen LogP contribution in [-0.2, 0) is 16.0 Å². The van der Waals surface area contributed by atoms with E-state index in [1.165, 1.54) is 10.5 Å². The van der Waals surface area contributed by atoms with Gasteiger partial charge in [-0.1, -0.05) is 36.8 Å². The van der Waals surface area contributed by atoms with E-state index in [2.05, 4.69) is 12.2 Å². The van der Waals surface area contributed by atoms with Gasteiger partial charge < -0.3 is 15.0 Å². The van der Waals surface area contributed by atoms with Crippen molar-refractivity contribution in [1.82, 2.24) is 4.90 Å². The van der Waals surface area contributed by atoms with E-state index in [-0.39, 0.29) is 25.0 Å². The second kappa shape index (κ2) is 9.21. The first-order chi connectivity index (χ1) is 12.8. The number of benzene rings is 2. The molecule has 0 saturated heterocycles. The summed E-state index contributed by atoms with van der Waals surface area (Å²) >= 11 is 0. The Bertz CT molecular complexity index is 790. The lowest BCUT2D eigenvalue weighted by Crippen LogP contribution is -2.37. The third-order valence-electron chi connectivity index (χ3n) is 4.44. The number of nitrogens with one attached hydrogen (secondary N) is 1. The lowest BCUT2D eigenvalue weighted by molar-refractivity contribution is -0.135. The van der Waals surface area contributed by atoms with Crippen LogP contribution < -0.4 is 10.1 Å². The lowest BCUT2D eigenvalue weighted by atomic mass is 10.1. The Morgan fingerprint density at radius 3 is 2.19 bits per heavy atom. The molecule has 5 nitrogen and oxygen atoms in total. The average molecular weight is 368 g/mol. The number of hydrogen-bond acceptors (Lipinski definition) is 3. The number of rotatable bonds is 7. The summed E-state index contributed by atoms with van der Waals surface area (Å²) in [5.41, 5.74) is 5.18. The number of amides is 2. The topological polar surface area (TPSA) is 58.6 Å². The largest absolute Gasteiger partial charge is 0.484 e. The fourth-order valence-electron chi connectivity index (χ4n) is 2.94. The molecule has 1 N–H and O–H groups in total. The van der Waals surface area contributed by atoms with Crippen molar-refractivity contribution in [2.75, 3.05) is 25.5 Å². The monoisotopic (exact) mass is 368 g/mol. The van der Waals surface area contributed by atoms with Gasteiger partial charge in [-0.15, -0.1) is 0 Å². The zero-order chi connectivity index (χ0) is 20.0. The number of hydrogen-bond donors (Lipinski definition) is 1. The maximum atomic E-state index is 12.3. The Morgan fingerprint density at radius 1 is 1.04 bits per heavy atom. The van der Waals surface area contributed by atoms with Gasteiger partial charge in [-0.2, -0.15) is 0 Å². The summed E-state index contributed by atoms with van der Waals surface area (Å²) in [6.45, 7) is 7.90. The minimum Gasteiger partial charge on any atom is -0.484 e. The van der Waals surface area contributed by atoms with Crippen LogP contribution >= 0.6 is 0 Å². The van der Waals surface area contributed by atoms with Gasteiger partial charge in [-0.05, 0) is 56.0 Å². The molecule has 0 aliphatic rings. The highest BCUT2D eigenvalue weighted by Gasteiger charge is 2.15. The SMILES string of the molecule is CCc1ccc(OCC(=O)N(C)CC(=O)Nc2c(C)cc(C)cc2C)cc1. The van der Waals surface area contributed by atoms with E-state index in [4.69, 9.17) is 4.74 Å². The fourth-order valence-corrected chi connectivity index (χ4v) is 2.94. The zero-order valence-corrected chi connectivity index (χ0v) is 16.8. The number of ether oxygens (including phenoxy) is 1. The molecule has 0 aromatic heterocycles. The number of likely N-dealkylation sites (N-methyl/N-ethyl adjacent to an activating group) is 1. The molecule has 0 atom stereocenters. The van der Waals surface area contributed by atoms with Gasteiger partial charge in [0.1, 0.15) is 5.75 Å². The van der Waals surface area contributed by atoms with Crippen LogP contribution in [0, 0.1) is 20.8 Å². The molecule has 2 amide bonds. The summed E-state index contributed by atoms with van der Waals surface area (Å²) in [6, 6.07) is 11.7. The fraction of sp³-hybridized carbons (Fsp3) is 0.364. The molecule has 2 rings (SSSR count). The minimum absolute atomic E-state index is 0.0241. The molecule has 0 bridgehead atoms. The molecule has 0 spiro atoms. The Kier molecular flexibility index (Phi) is 6.99. The van der Waals surface area contributed by atoms with Crippen molar-refractivity contribution in [1.29, 1.82) is 0 Å². The van der Waals surface area contributed by atoms with Crippen LogP contribution in [-0.4, -0.2) is 36.9 Å². The molecule has 0 heterocycles. The highest BCUT2D eigenvalue weighted by Crippen LogP contribution is 2.21. The van der Waals surface area contributed by atoms with Crippen molar-refractivity contribution in [3.05, 3.63) is 58.7 Å². The van der Waals surface area contributed by atoms with Gasteiger partial charge >= 0.3 is 0 Å². The Hall–Kier alpha value is -2.82. The first-order valence-corrected chi connectivity index (χ1v) is 9.13. The lowest BCUT2D eigenvalue weighted by Gasteiger charge is -2.18.